The third kappa shape index (κ3) is 12.6. The molecule has 3 rings (SSSR count). The number of hydrogen-bond acceptors (Lipinski definition) is 3. The summed E-state index contributed by atoms with van der Waals surface area (Å²) in [5.74, 6) is 0.783. The number of aryl methyl sites for hydroxylation is 1. The summed E-state index contributed by atoms with van der Waals surface area (Å²) < 4.78 is 8.16. The predicted molar refractivity (Wildman–Crippen MR) is 175 cm³/mol. The second kappa shape index (κ2) is 18.9. The van der Waals surface area contributed by atoms with E-state index in [2.05, 4.69) is 48.3 Å². The normalized spacial score (nSPS) is 11.1. The van der Waals surface area contributed by atoms with E-state index in [9.17, 15) is 4.79 Å². The minimum Gasteiger partial charge on any atom is -0.492 e. The molecule has 0 fully saturated rings. The van der Waals surface area contributed by atoms with Crippen LogP contribution < -0.4 is 14.2 Å². The zero-order chi connectivity index (χ0) is 29.3. The van der Waals surface area contributed by atoms with E-state index in [-0.39, 0.29) is 5.91 Å². The molecule has 2 aromatic carbocycles. The number of hydrogen-bond donors (Lipinski definition) is 0. The highest BCUT2D eigenvalue weighted by atomic mass is 35.5. The summed E-state index contributed by atoms with van der Waals surface area (Å²) in [6.45, 7) is 8.15. The number of rotatable bonds is 20. The van der Waals surface area contributed by atoms with Gasteiger partial charge in [-0.3, -0.25) is 4.79 Å². The van der Waals surface area contributed by atoms with E-state index in [0.717, 1.165) is 36.4 Å². The van der Waals surface area contributed by atoms with Gasteiger partial charge in [-0.15, -0.1) is 0 Å². The topological polar surface area (TPSA) is 33.4 Å². The van der Waals surface area contributed by atoms with Crippen LogP contribution in [0.15, 0.2) is 54.2 Å². The maximum atomic E-state index is 12.4. The van der Waals surface area contributed by atoms with Gasteiger partial charge >= 0.3 is 0 Å². The molecule has 0 aliphatic carbocycles. The summed E-state index contributed by atoms with van der Waals surface area (Å²) in [6.07, 6.45) is 18.9. The highest BCUT2D eigenvalue weighted by Crippen LogP contribution is 2.27. The first-order chi connectivity index (χ1) is 20.0. The van der Waals surface area contributed by atoms with Gasteiger partial charge in [0, 0.05) is 24.7 Å². The molecule has 0 N–H and O–H groups in total. The highest BCUT2D eigenvalue weighted by Gasteiger charge is 2.13. The Labute approximate surface area is 257 Å². The van der Waals surface area contributed by atoms with Gasteiger partial charge < -0.3 is 9.64 Å². The fourth-order valence-electron chi connectivity index (χ4n) is 5.17. The summed E-state index contributed by atoms with van der Waals surface area (Å²) in [5, 5.41) is 0.640. The summed E-state index contributed by atoms with van der Waals surface area (Å²) in [5.41, 5.74) is 5.36. The lowest BCUT2D eigenvalue weighted by Crippen LogP contribution is -2.31. The lowest BCUT2D eigenvalue weighted by Gasteiger charge is -2.21. The predicted octanol–water partition coefficient (Wildman–Crippen LogP) is 9.72. The van der Waals surface area contributed by atoms with E-state index in [1.165, 1.54) is 81.1 Å². The number of carbonyl (C=O) groups is 1. The maximum absolute atomic E-state index is 12.4. The number of halogens is 1. The Morgan fingerprint density at radius 3 is 2.05 bits per heavy atom. The SMILES string of the molecule is CCCCCCCCCCCCCCOc1ccc(CCN(C(C)=O)c2ccc(C[n+]3csc(C)c3)cc2)cc1Cl. The van der Waals surface area contributed by atoms with Crippen molar-refractivity contribution in [2.45, 2.75) is 111 Å². The zero-order valence-electron chi connectivity index (χ0n) is 25.5. The Morgan fingerprint density at radius 2 is 1.49 bits per heavy atom. The van der Waals surface area contributed by atoms with E-state index < -0.39 is 0 Å². The van der Waals surface area contributed by atoms with Gasteiger partial charge in [-0.25, -0.2) is 0 Å². The molecule has 0 bridgehead atoms. The Morgan fingerprint density at radius 1 is 0.878 bits per heavy atom. The molecule has 41 heavy (non-hydrogen) atoms. The molecular formula is C35H50ClN2O2S+. The van der Waals surface area contributed by atoms with Crippen molar-refractivity contribution in [2.75, 3.05) is 18.1 Å². The van der Waals surface area contributed by atoms with Crippen LogP contribution in [0.5, 0.6) is 5.75 Å². The van der Waals surface area contributed by atoms with Crippen LogP contribution >= 0.6 is 22.9 Å². The van der Waals surface area contributed by atoms with Crippen LogP contribution in [0.3, 0.4) is 0 Å². The molecule has 0 spiro atoms. The van der Waals surface area contributed by atoms with Gasteiger partial charge in [0.1, 0.15) is 5.75 Å². The van der Waals surface area contributed by atoms with Crippen molar-refractivity contribution in [1.82, 2.24) is 0 Å². The molecule has 224 valence electrons. The van der Waals surface area contributed by atoms with Crippen LogP contribution in [0.2, 0.25) is 5.02 Å². The van der Waals surface area contributed by atoms with E-state index in [1.54, 1.807) is 18.3 Å². The third-order valence-electron chi connectivity index (χ3n) is 7.59. The van der Waals surface area contributed by atoms with Crippen molar-refractivity contribution in [1.29, 1.82) is 0 Å². The summed E-state index contributed by atoms with van der Waals surface area (Å²) in [4.78, 5) is 15.6. The molecule has 0 saturated carbocycles. The molecule has 0 unspecified atom stereocenters. The first-order valence-corrected chi connectivity index (χ1v) is 16.9. The fraction of sp³-hybridized carbons (Fsp3) is 0.543. The minimum absolute atomic E-state index is 0.0362. The first-order valence-electron chi connectivity index (χ1n) is 15.7. The monoisotopic (exact) mass is 597 g/mol. The van der Waals surface area contributed by atoms with Crippen LogP contribution in [0.4, 0.5) is 5.69 Å². The molecule has 6 heteroatoms. The molecule has 0 aliphatic heterocycles. The Bertz CT molecular complexity index is 1160. The molecule has 1 heterocycles. The number of aromatic nitrogens is 1. The molecule has 0 saturated heterocycles. The Hall–Kier alpha value is -2.37. The lowest BCUT2D eigenvalue weighted by molar-refractivity contribution is -0.683. The van der Waals surface area contributed by atoms with Crippen molar-refractivity contribution in [3.63, 3.8) is 0 Å². The number of anilines is 1. The molecule has 4 nitrogen and oxygen atoms in total. The highest BCUT2D eigenvalue weighted by molar-refractivity contribution is 7.09. The summed E-state index contributed by atoms with van der Waals surface area (Å²) in [6, 6.07) is 14.3. The van der Waals surface area contributed by atoms with E-state index in [4.69, 9.17) is 16.3 Å². The molecular weight excluding hydrogens is 548 g/mol. The first kappa shape index (κ1) is 33.1. The van der Waals surface area contributed by atoms with Crippen molar-refractivity contribution >= 4 is 34.5 Å². The van der Waals surface area contributed by atoms with Crippen LogP contribution in [0.25, 0.3) is 0 Å². The molecule has 1 amide bonds. The van der Waals surface area contributed by atoms with E-state index in [0.29, 0.717) is 18.2 Å². The third-order valence-corrected chi connectivity index (χ3v) is 8.74. The van der Waals surface area contributed by atoms with Gasteiger partial charge in [0.25, 0.3) is 0 Å². The Balaban J connectivity index is 1.34. The van der Waals surface area contributed by atoms with E-state index in [1.807, 2.05) is 29.2 Å². The van der Waals surface area contributed by atoms with Crippen molar-refractivity contribution < 1.29 is 14.1 Å². The molecule has 1 aromatic heterocycles. The zero-order valence-corrected chi connectivity index (χ0v) is 27.1. The van der Waals surface area contributed by atoms with Crippen LogP contribution in [0, 0.1) is 6.92 Å². The van der Waals surface area contributed by atoms with Gasteiger partial charge in [0.2, 0.25) is 11.4 Å². The number of nitrogens with zero attached hydrogens (tertiary/aromatic N) is 2. The number of carbonyl (C=O) groups excluding carboxylic acids is 1. The molecule has 0 atom stereocenters. The average Bonchev–Trinajstić information content (AvgIpc) is 3.37. The van der Waals surface area contributed by atoms with Gasteiger partial charge in [-0.05, 0) is 49.6 Å². The van der Waals surface area contributed by atoms with Crippen LogP contribution in [-0.4, -0.2) is 19.1 Å². The van der Waals surface area contributed by atoms with E-state index >= 15 is 0 Å². The second-order valence-electron chi connectivity index (χ2n) is 11.2. The summed E-state index contributed by atoms with van der Waals surface area (Å²) >= 11 is 8.30. The van der Waals surface area contributed by atoms with Crippen molar-refractivity contribution in [3.8, 4) is 5.75 Å². The number of amides is 1. The number of ether oxygens (including phenoxy) is 1. The van der Waals surface area contributed by atoms with Crippen molar-refractivity contribution in [3.05, 3.63) is 75.2 Å². The quantitative estimate of drug-likeness (QED) is 0.0959. The van der Waals surface area contributed by atoms with Crippen LogP contribution in [-0.2, 0) is 17.8 Å². The van der Waals surface area contributed by atoms with Gasteiger partial charge in [-0.2, -0.15) is 4.57 Å². The van der Waals surface area contributed by atoms with Gasteiger partial charge in [0.05, 0.1) is 16.5 Å². The van der Waals surface area contributed by atoms with Crippen molar-refractivity contribution in [2.24, 2.45) is 0 Å². The largest absolute Gasteiger partial charge is 0.492 e. The maximum Gasteiger partial charge on any atom is 0.225 e. The van der Waals surface area contributed by atoms with Gasteiger partial charge in [0.15, 0.2) is 12.7 Å². The molecule has 3 aromatic rings. The standard InChI is InChI=1S/C35H50ClN2O2S/c1-4-5-6-7-8-9-10-11-12-13-14-15-24-40-35-21-18-31(25-34(35)36)22-23-38(30(3)39)33-19-16-32(17-20-33)27-37-26-29(2)41-28-37/h16-21,25-26,28H,4-15,22-24,27H2,1-3H3/q+1. The second-order valence-corrected chi connectivity index (χ2v) is 12.7. The number of thiazole rings is 1. The minimum atomic E-state index is 0.0362. The molecule has 0 radical (unpaired) electrons. The lowest BCUT2D eigenvalue weighted by atomic mass is 10.1. The van der Waals surface area contributed by atoms with Crippen LogP contribution in [0.1, 0.15) is 107 Å². The number of unbranched alkanes of at least 4 members (excludes halogenated alkanes) is 11. The smallest absolute Gasteiger partial charge is 0.225 e. The number of benzene rings is 2. The fourth-order valence-corrected chi connectivity index (χ4v) is 6.06. The summed E-state index contributed by atoms with van der Waals surface area (Å²) in [7, 11) is 0. The Kier molecular flexibility index (Phi) is 15.3. The molecule has 0 aliphatic rings. The van der Waals surface area contributed by atoms with Gasteiger partial charge in [-0.1, -0.05) is 119 Å². The average molecular weight is 598 g/mol.